The quantitative estimate of drug-likeness (QED) is 0.475. The summed E-state index contributed by atoms with van der Waals surface area (Å²) in [5, 5.41) is 10.8. The Labute approximate surface area is 157 Å². The van der Waals surface area contributed by atoms with Crippen LogP contribution in [0, 0.1) is 0 Å². The highest BCUT2D eigenvalue weighted by molar-refractivity contribution is 7.10. The van der Waals surface area contributed by atoms with Gasteiger partial charge in [0.1, 0.15) is 5.75 Å². The van der Waals surface area contributed by atoms with Crippen LogP contribution < -0.4 is 4.74 Å². The summed E-state index contributed by atoms with van der Waals surface area (Å²) < 4.78 is 4.74. The molecule has 2 aromatic rings. The number of aliphatic carboxylic acids is 1. The van der Waals surface area contributed by atoms with Gasteiger partial charge in [0.05, 0.1) is 0 Å². The molecule has 0 spiro atoms. The second kappa shape index (κ2) is 8.47. The third-order valence-electron chi connectivity index (χ3n) is 4.80. The van der Waals surface area contributed by atoms with E-state index in [2.05, 4.69) is 23.4 Å². The van der Waals surface area contributed by atoms with Crippen molar-refractivity contribution in [3.8, 4) is 5.75 Å². The first-order valence-electron chi connectivity index (χ1n) is 8.82. The zero-order chi connectivity index (χ0) is 18.5. The van der Waals surface area contributed by atoms with Gasteiger partial charge in [-0.3, -0.25) is 0 Å². The van der Waals surface area contributed by atoms with Crippen LogP contribution in [-0.4, -0.2) is 35.5 Å². The molecule has 0 amide bonds. The number of ether oxygens (including phenoxy) is 1. The Bertz CT molecular complexity index is 768. The molecule has 26 heavy (non-hydrogen) atoms. The number of rotatable bonds is 6. The fourth-order valence-electron chi connectivity index (χ4n) is 3.46. The fourth-order valence-corrected chi connectivity index (χ4v) is 4.47. The van der Waals surface area contributed by atoms with Crippen LogP contribution in [0.15, 0.2) is 35.7 Å². The third-order valence-corrected chi connectivity index (χ3v) is 5.79. The molecule has 1 atom stereocenters. The molecule has 1 unspecified atom stereocenters. The number of hydrogen-bond acceptors (Lipinski definition) is 5. The maximum atomic E-state index is 11.0. The summed E-state index contributed by atoms with van der Waals surface area (Å²) in [4.78, 5) is 25.4. The minimum Gasteiger partial charge on any atom is -0.473 e. The molecule has 3 rings (SSSR count). The van der Waals surface area contributed by atoms with Crippen LogP contribution in [0.5, 0.6) is 5.75 Å². The van der Waals surface area contributed by atoms with Crippen LogP contribution in [0.3, 0.4) is 0 Å². The van der Waals surface area contributed by atoms with Gasteiger partial charge in [0.2, 0.25) is 0 Å². The van der Waals surface area contributed by atoms with Crippen molar-refractivity contribution < 1.29 is 19.4 Å². The first-order valence-corrected chi connectivity index (χ1v) is 9.69. The van der Waals surface area contributed by atoms with E-state index in [1.807, 2.05) is 23.5 Å². The van der Waals surface area contributed by atoms with E-state index in [0.717, 1.165) is 25.1 Å². The van der Waals surface area contributed by atoms with Crippen molar-refractivity contribution in [2.45, 2.75) is 38.1 Å². The number of hydrogen-bond donors (Lipinski definition) is 1. The molecule has 138 valence electrons. The number of thiophene rings is 1. The van der Waals surface area contributed by atoms with Gasteiger partial charge in [-0.25, -0.2) is 9.59 Å². The minimum absolute atomic E-state index is 0.246. The van der Waals surface area contributed by atoms with Crippen LogP contribution >= 0.6 is 11.3 Å². The molecule has 0 aliphatic heterocycles. The van der Waals surface area contributed by atoms with Crippen LogP contribution in [-0.2, 0) is 22.6 Å². The van der Waals surface area contributed by atoms with Gasteiger partial charge in [-0.15, -0.1) is 11.3 Å². The number of carboxylic acid groups (broad SMARTS) is 1. The van der Waals surface area contributed by atoms with E-state index in [9.17, 15) is 9.59 Å². The highest BCUT2D eigenvalue weighted by Gasteiger charge is 2.21. The number of carbonyl (C=O) groups excluding carboxylic acids is 1. The largest absolute Gasteiger partial charge is 0.473 e. The first kappa shape index (κ1) is 18.6. The van der Waals surface area contributed by atoms with Crippen molar-refractivity contribution >= 4 is 23.3 Å². The number of carbonyl (C=O) groups is 2. The van der Waals surface area contributed by atoms with Crippen molar-refractivity contribution in [3.63, 3.8) is 0 Å². The van der Waals surface area contributed by atoms with Gasteiger partial charge in [0, 0.05) is 11.4 Å². The molecule has 0 bridgehead atoms. The van der Waals surface area contributed by atoms with Crippen LogP contribution in [0.25, 0.3) is 0 Å². The molecule has 1 heterocycles. The van der Waals surface area contributed by atoms with Crippen LogP contribution in [0.4, 0.5) is 0 Å². The van der Waals surface area contributed by atoms with Gasteiger partial charge in [0.25, 0.3) is 0 Å². The van der Waals surface area contributed by atoms with E-state index in [1.54, 1.807) is 22.6 Å². The number of esters is 1. The van der Waals surface area contributed by atoms with Crippen molar-refractivity contribution in [1.29, 1.82) is 0 Å². The average molecular weight is 373 g/mol. The number of aryl methyl sites for hydroxylation is 1. The second-order valence-electron chi connectivity index (χ2n) is 6.75. The summed E-state index contributed by atoms with van der Waals surface area (Å²) in [5.74, 6) is -1.94. The van der Waals surface area contributed by atoms with Crippen molar-refractivity contribution in [2.75, 3.05) is 13.6 Å². The number of fused-ring (bicyclic) bond motifs is 1. The zero-order valence-corrected chi connectivity index (χ0v) is 15.6. The third kappa shape index (κ3) is 4.71. The fraction of sp³-hybridized carbons (Fsp3) is 0.400. The lowest BCUT2D eigenvalue weighted by atomic mass is 9.85. The smallest absolute Gasteiger partial charge is 0.422 e. The Morgan fingerprint density at radius 1 is 1.27 bits per heavy atom. The molecule has 0 fully saturated rings. The Balaban J connectivity index is 1.49. The summed E-state index contributed by atoms with van der Waals surface area (Å²) in [5.41, 5.74) is 2.65. The van der Waals surface area contributed by atoms with E-state index in [-0.39, 0.29) is 5.75 Å². The van der Waals surface area contributed by atoms with E-state index in [1.165, 1.54) is 19.3 Å². The average Bonchev–Trinajstić information content (AvgIpc) is 3.11. The number of carboxylic acids is 1. The Hall–Kier alpha value is -2.18. The topological polar surface area (TPSA) is 66.8 Å². The summed E-state index contributed by atoms with van der Waals surface area (Å²) in [6.45, 7) is 1.83. The Kier molecular flexibility index (Phi) is 6.06. The molecular formula is C20H23NO4S. The van der Waals surface area contributed by atoms with E-state index in [0.29, 0.717) is 5.92 Å². The highest BCUT2D eigenvalue weighted by atomic mass is 32.1. The summed E-state index contributed by atoms with van der Waals surface area (Å²) in [6, 6.07) is 9.27. The lowest BCUT2D eigenvalue weighted by molar-refractivity contribution is -0.158. The molecule has 5 nitrogen and oxygen atoms in total. The Morgan fingerprint density at radius 2 is 2.04 bits per heavy atom. The normalized spacial score (nSPS) is 16.3. The first-order chi connectivity index (χ1) is 12.5. The summed E-state index contributed by atoms with van der Waals surface area (Å²) in [6.07, 6.45) is 4.96. The monoisotopic (exact) mass is 373 g/mol. The number of nitrogens with zero attached hydrogens (tertiary/aromatic N) is 1. The molecule has 1 aromatic heterocycles. The van der Waals surface area contributed by atoms with E-state index >= 15 is 0 Å². The van der Waals surface area contributed by atoms with E-state index in [4.69, 9.17) is 9.84 Å². The summed E-state index contributed by atoms with van der Waals surface area (Å²) >= 11 is 1.89. The van der Waals surface area contributed by atoms with Gasteiger partial charge in [-0.05, 0) is 79.9 Å². The van der Waals surface area contributed by atoms with Gasteiger partial charge in [-0.1, -0.05) is 12.1 Å². The maximum Gasteiger partial charge on any atom is 0.422 e. The lowest BCUT2D eigenvalue weighted by Crippen LogP contribution is -2.22. The molecule has 6 heteroatoms. The molecule has 0 radical (unpaired) electrons. The van der Waals surface area contributed by atoms with Gasteiger partial charge in [0.15, 0.2) is 0 Å². The van der Waals surface area contributed by atoms with Gasteiger partial charge < -0.3 is 14.7 Å². The van der Waals surface area contributed by atoms with Crippen molar-refractivity contribution in [2.24, 2.45) is 0 Å². The zero-order valence-electron chi connectivity index (χ0n) is 14.8. The highest BCUT2D eigenvalue weighted by Crippen LogP contribution is 2.36. The molecule has 0 saturated heterocycles. The molecular weight excluding hydrogens is 350 g/mol. The number of benzene rings is 1. The predicted molar refractivity (Wildman–Crippen MR) is 101 cm³/mol. The summed E-state index contributed by atoms with van der Waals surface area (Å²) in [7, 11) is 2.11. The predicted octanol–water partition coefficient (Wildman–Crippen LogP) is 3.68. The van der Waals surface area contributed by atoms with Crippen LogP contribution in [0.2, 0.25) is 0 Å². The molecule has 1 aliphatic rings. The van der Waals surface area contributed by atoms with E-state index < -0.39 is 11.9 Å². The van der Waals surface area contributed by atoms with Crippen molar-refractivity contribution in [3.05, 3.63) is 51.7 Å². The molecule has 1 aromatic carbocycles. The second-order valence-corrected chi connectivity index (χ2v) is 7.75. The van der Waals surface area contributed by atoms with Crippen molar-refractivity contribution in [1.82, 2.24) is 4.90 Å². The standard InChI is InChI=1S/C20H23NO4S/c1-21(11-9-15-3-2-4-18-17(15)10-12-26-18)13-14-5-7-16(8-6-14)25-20(24)19(22)23/h5-8,10,12,15H,2-4,9,11,13H2,1H3,(H,22,23). The Morgan fingerprint density at radius 3 is 2.77 bits per heavy atom. The maximum absolute atomic E-state index is 11.0. The SMILES string of the molecule is CN(CCC1CCCc2sccc21)Cc1ccc(OC(=O)C(=O)O)cc1. The molecule has 1 aliphatic carbocycles. The van der Waals surface area contributed by atoms with Gasteiger partial charge in [-0.2, -0.15) is 0 Å². The molecule has 1 N–H and O–H groups in total. The molecule has 0 saturated carbocycles. The minimum atomic E-state index is -1.59. The van der Waals surface area contributed by atoms with Gasteiger partial charge >= 0.3 is 11.9 Å². The van der Waals surface area contributed by atoms with Crippen LogP contribution in [0.1, 0.15) is 41.2 Å². The lowest BCUT2D eigenvalue weighted by Gasteiger charge is -2.25.